The maximum absolute atomic E-state index is 13.5. The van der Waals surface area contributed by atoms with E-state index in [9.17, 15) is 13.2 Å². The molecule has 5 heteroatoms. The Morgan fingerprint density at radius 3 is 2.74 bits per heavy atom. The third-order valence-corrected chi connectivity index (χ3v) is 4.44. The number of hydrogen-bond donors (Lipinski definition) is 0. The lowest BCUT2D eigenvalue weighted by Gasteiger charge is -2.30. The van der Waals surface area contributed by atoms with Crippen LogP contribution in [0.1, 0.15) is 41.9 Å². The maximum Gasteiger partial charge on any atom is 0.416 e. The summed E-state index contributed by atoms with van der Waals surface area (Å²) >= 11 is 0. The van der Waals surface area contributed by atoms with Crippen molar-refractivity contribution in [3.8, 4) is 0 Å². The molecule has 0 saturated heterocycles. The lowest BCUT2D eigenvalue weighted by molar-refractivity contribution is -0.138. The molecule has 118 valence electrons. The van der Waals surface area contributed by atoms with E-state index in [1.54, 1.807) is 12.1 Å². The van der Waals surface area contributed by atoms with Crippen molar-refractivity contribution >= 4 is 11.4 Å². The van der Waals surface area contributed by atoms with Crippen LogP contribution in [-0.2, 0) is 6.18 Å². The predicted octanol–water partition coefficient (Wildman–Crippen LogP) is 5.63. The molecule has 0 radical (unpaired) electrons. The number of benzene rings is 1. The summed E-state index contributed by atoms with van der Waals surface area (Å²) in [5, 5.41) is 0. The number of rotatable bonds is 1. The topological polar surface area (TPSA) is 25.5 Å². The summed E-state index contributed by atoms with van der Waals surface area (Å²) in [6.07, 6.45) is 3.30. The van der Waals surface area contributed by atoms with Gasteiger partial charge in [0.05, 0.1) is 11.8 Å². The Morgan fingerprint density at radius 2 is 1.91 bits per heavy atom. The van der Waals surface area contributed by atoms with Gasteiger partial charge in [0.25, 0.3) is 0 Å². The van der Waals surface area contributed by atoms with Gasteiger partial charge < -0.3 is 4.42 Å². The first kappa shape index (κ1) is 14.3. The van der Waals surface area contributed by atoms with Crippen LogP contribution in [0.2, 0.25) is 0 Å². The highest BCUT2D eigenvalue weighted by Crippen LogP contribution is 2.47. The molecule has 0 N–H and O–H groups in total. The fourth-order valence-corrected chi connectivity index (χ4v) is 3.46. The minimum absolute atomic E-state index is 0.267. The highest BCUT2D eigenvalue weighted by molar-refractivity contribution is 6.06. The molecule has 2 aromatic rings. The Kier molecular flexibility index (Phi) is 3.18. The minimum atomic E-state index is -4.38. The van der Waals surface area contributed by atoms with E-state index in [1.807, 2.05) is 6.08 Å². The normalized spacial score (nSPS) is 20.4. The van der Waals surface area contributed by atoms with E-state index >= 15 is 0 Å². The zero-order chi connectivity index (χ0) is 16.0. The van der Waals surface area contributed by atoms with E-state index in [0.29, 0.717) is 11.3 Å². The molecule has 0 amide bonds. The van der Waals surface area contributed by atoms with Crippen LogP contribution in [0.5, 0.6) is 0 Å². The van der Waals surface area contributed by atoms with Crippen LogP contribution in [0, 0.1) is 0 Å². The number of allylic oxidation sites excluding steroid dienone is 2. The SMILES string of the molecule is FC(F)(F)c1ccccc1C1C2=CCCCC2=Nc2cocc21. The van der Waals surface area contributed by atoms with E-state index in [1.165, 1.54) is 18.6 Å². The van der Waals surface area contributed by atoms with Gasteiger partial charge in [0, 0.05) is 17.2 Å². The molecule has 0 spiro atoms. The first-order valence-electron chi connectivity index (χ1n) is 7.56. The molecule has 0 saturated carbocycles. The van der Waals surface area contributed by atoms with E-state index < -0.39 is 17.7 Å². The molecule has 2 aliphatic rings. The van der Waals surface area contributed by atoms with E-state index in [0.717, 1.165) is 36.6 Å². The van der Waals surface area contributed by atoms with Gasteiger partial charge in [-0.25, -0.2) is 4.99 Å². The van der Waals surface area contributed by atoms with Gasteiger partial charge in [-0.05, 0) is 36.5 Å². The molecule has 2 nitrogen and oxygen atoms in total. The lowest BCUT2D eigenvalue weighted by Crippen LogP contribution is -2.21. The van der Waals surface area contributed by atoms with Crippen molar-refractivity contribution in [3.05, 3.63) is 65.1 Å². The van der Waals surface area contributed by atoms with Crippen LogP contribution in [0.15, 0.2) is 57.9 Å². The van der Waals surface area contributed by atoms with Crippen LogP contribution < -0.4 is 0 Å². The summed E-state index contributed by atoms with van der Waals surface area (Å²) < 4.78 is 45.6. The molecular formula is C18H14F3NO. The highest BCUT2D eigenvalue weighted by atomic mass is 19.4. The first-order valence-corrected chi connectivity index (χ1v) is 7.56. The zero-order valence-electron chi connectivity index (χ0n) is 12.2. The Hall–Kier alpha value is -2.30. The Morgan fingerprint density at radius 1 is 1.09 bits per heavy atom. The Labute approximate surface area is 131 Å². The smallest absolute Gasteiger partial charge is 0.416 e. The van der Waals surface area contributed by atoms with Crippen molar-refractivity contribution in [3.63, 3.8) is 0 Å². The molecule has 0 bridgehead atoms. The Bertz CT molecular complexity index is 814. The van der Waals surface area contributed by atoms with Crippen molar-refractivity contribution in [1.82, 2.24) is 0 Å². The van der Waals surface area contributed by atoms with Crippen LogP contribution in [-0.4, -0.2) is 5.71 Å². The zero-order valence-corrected chi connectivity index (χ0v) is 12.2. The Balaban J connectivity index is 1.95. The molecule has 1 aliphatic carbocycles. The van der Waals surface area contributed by atoms with Crippen molar-refractivity contribution < 1.29 is 17.6 Å². The molecule has 23 heavy (non-hydrogen) atoms. The number of fused-ring (bicyclic) bond motifs is 2. The summed E-state index contributed by atoms with van der Waals surface area (Å²) in [5.41, 5.74) is 2.79. The fraction of sp³-hybridized carbons (Fsp3) is 0.278. The van der Waals surface area contributed by atoms with Gasteiger partial charge >= 0.3 is 6.18 Å². The monoisotopic (exact) mass is 317 g/mol. The number of halogens is 3. The highest BCUT2D eigenvalue weighted by Gasteiger charge is 2.39. The van der Waals surface area contributed by atoms with Crippen LogP contribution in [0.25, 0.3) is 0 Å². The maximum atomic E-state index is 13.5. The largest absolute Gasteiger partial charge is 0.470 e. The van der Waals surface area contributed by atoms with Crippen molar-refractivity contribution in [2.45, 2.75) is 31.4 Å². The minimum Gasteiger partial charge on any atom is -0.470 e. The van der Waals surface area contributed by atoms with Crippen LogP contribution in [0.4, 0.5) is 18.9 Å². The average Bonchev–Trinajstić information content (AvgIpc) is 2.99. The van der Waals surface area contributed by atoms with Gasteiger partial charge in [0.2, 0.25) is 0 Å². The number of alkyl halides is 3. The summed E-state index contributed by atoms with van der Waals surface area (Å²) in [6, 6.07) is 5.78. The second kappa shape index (κ2) is 5.11. The van der Waals surface area contributed by atoms with E-state index in [4.69, 9.17) is 4.42 Å². The van der Waals surface area contributed by atoms with E-state index in [-0.39, 0.29) is 5.56 Å². The summed E-state index contributed by atoms with van der Waals surface area (Å²) in [6.45, 7) is 0. The van der Waals surface area contributed by atoms with Gasteiger partial charge in [-0.3, -0.25) is 0 Å². The number of nitrogens with zero attached hydrogens (tertiary/aromatic N) is 1. The lowest BCUT2D eigenvalue weighted by atomic mass is 9.76. The van der Waals surface area contributed by atoms with Gasteiger partial charge in [-0.15, -0.1) is 0 Å². The number of aliphatic imine (C=N–C) groups is 1. The molecule has 1 aromatic heterocycles. The molecule has 1 unspecified atom stereocenters. The van der Waals surface area contributed by atoms with Crippen molar-refractivity contribution in [2.24, 2.45) is 4.99 Å². The quantitative estimate of drug-likeness (QED) is 0.669. The second-order valence-corrected chi connectivity index (χ2v) is 5.84. The molecule has 1 aromatic carbocycles. The summed E-state index contributed by atoms with van der Waals surface area (Å²) in [5.74, 6) is -0.464. The van der Waals surface area contributed by atoms with Crippen LogP contribution in [0.3, 0.4) is 0 Å². The summed E-state index contributed by atoms with van der Waals surface area (Å²) in [4.78, 5) is 4.57. The molecule has 1 atom stereocenters. The third kappa shape index (κ3) is 2.31. The van der Waals surface area contributed by atoms with Crippen molar-refractivity contribution in [1.29, 1.82) is 0 Å². The molecule has 0 fully saturated rings. The third-order valence-electron chi connectivity index (χ3n) is 4.44. The first-order chi connectivity index (χ1) is 11.1. The predicted molar refractivity (Wildman–Crippen MR) is 81.0 cm³/mol. The molecule has 1 aliphatic heterocycles. The second-order valence-electron chi connectivity index (χ2n) is 5.84. The summed E-state index contributed by atoms with van der Waals surface area (Å²) in [7, 11) is 0. The van der Waals surface area contributed by atoms with Crippen LogP contribution >= 0.6 is 0 Å². The number of hydrogen-bond acceptors (Lipinski definition) is 2. The number of furan rings is 1. The van der Waals surface area contributed by atoms with Gasteiger partial charge in [0.1, 0.15) is 12.0 Å². The van der Waals surface area contributed by atoms with E-state index in [2.05, 4.69) is 4.99 Å². The van der Waals surface area contributed by atoms with Crippen molar-refractivity contribution in [2.75, 3.05) is 0 Å². The standard InChI is InChI=1S/C18H14F3NO/c19-18(20,21)14-7-3-1-5-11(14)17-12-6-2-4-8-15(12)22-16-10-23-9-13(16)17/h1,3,5-7,9-10,17H,2,4,8H2. The fourth-order valence-electron chi connectivity index (χ4n) is 3.46. The van der Waals surface area contributed by atoms with Gasteiger partial charge in [0.15, 0.2) is 0 Å². The molecule has 4 rings (SSSR count). The molecule has 2 heterocycles. The average molecular weight is 317 g/mol. The van der Waals surface area contributed by atoms with Gasteiger partial charge in [-0.2, -0.15) is 13.2 Å². The van der Waals surface area contributed by atoms with Gasteiger partial charge in [-0.1, -0.05) is 24.3 Å². The molecular weight excluding hydrogens is 303 g/mol.